The van der Waals surface area contributed by atoms with Crippen molar-refractivity contribution in [2.24, 2.45) is 4.99 Å². The second-order valence-electron chi connectivity index (χ2n) is 8.14. The number of aromatic nitrogens is 6. The number of pyridine rings is 1. The van der Waals surface area contributed by atoms with Gasteiger partial charge >= 0.3 is 0 Å². The minimum atomic E-state index is -2.57. The van der Waals surface area contributed by atoms with Crippen molar-refractivity contribution in [3.8, 4) is 11.3 Å². The molecule has 0 aliphatic carbocycles. The number of alkyl halides is 3. The second kappa shape index (κ2) is 8.15. The van der Waals surface area contributed by atoms with Crippen LogP contribution in [-0.2, 0) is 11.3 Å². The van der Waals surface area contributed by atoms with Crippen LogP contribution in [0.25, 0.3) is 27.9 Å². The van der Waals surface area contributed by atoms with Gasteiger partial charge in [-0.2, -0.15) is 4.98 Å². The van der Waals surface area contributed by atoms with Crippen LogP contribution in [0.5, 0.6) is 0 Å². The summed E-state index contributed by atoms with van der Waals surface area (Å²) in [5, 5.41) is 2.85. The van der Waals surface area contributed by atoms with Crippen molar-refractivity contribution in [2.75, 3.05) is 18.8 Å². The van der Waals surface area contributed by atoms with E-state index >= 15 is 0 Å². The number of anilines is 1. The van der Waals surface area contributed by atoms with Gasteiger partial charge in [-0.15, -0.1) is 0 Å². The summed E-state index contributed by atoms with van der Waals surface area (Å²) in [6, 6.07) is 4.02. The van der Waals surface area contributed by atoms with Crippen LogP contribution in [0.2, 0.25) is 0 Å². The maximum atomic E-state index is 14.4. The Bertz CT molecular complexity index is 1530. The Kier molecular flexibility index (Phi) is 4.96. The number of carbonyl (C=O) groups is 1. The highest BCUT2D eigenvalue weighted by Crippen LogP contribution is 2.28. The molecule has 1 fully saturated rings. The van der Waals surface area contributed by atoms with E-state index in [1.807, 2.05) is 0 Å². The minimum Gasteiger partial charge on any atom is -0.382 e. The Morgan fingerprint density at radius 2 is 2.12 bits per heavy atom. The SMILES string of the molecule is [2H]c1cc(-c2ccc3nc(C)n(CC(F)F)c3n2)c2c(N)nc(=N[C@@H]3CN(C(C)=O)C[C@@H]3F)[nH]n12. The van der Waals surface area contributed by atoms with Gasteiger partial charge in [-0.05, 0) is 25.1 Å². The van der Waals surface area contributed by atoms with E-state index in [2.05, 4.69) is 25.0 Å². The summed E-state index contributed by atoms with van der Waals surface area (Å²) < 4.78 is 51.6. The molecule has 34 heavy (non-hydrogen) atoms. The third-order valence-corrected chi connectivity index (χ3v) is 5.83. The molecule has 178 valence electrons. The van der Waals surface area contributed by atoms with Crippen molar-refractivity contribution in [3.63, 3.8) is 0 Å². The molecule has 0 aromatic carbocycles. The number of aromatic amines is 1. The smallest absolute Gasteiger partial charge is 0.256 e. The van der Waals surface area contributed by atoms with Crippen molar-refractivity contribution in [3.05, 3.63) is 35.8 Å². The molecule has 5 heterocycles. The summed E-state index contributed by atoms with van der Waals surface area (Å²) in [6.45, 7) is 2.52. The lowest BCUT2D eigenvalue weighted by molar-refractivity contribution is -0.128. The molecule has 1 amide bonds. The van der Waals surface area contributed by atoms with Gasteiger partial charge in [0.25, 0.3) is 6.43 Å². The number of halogens is 3. The molecule has 2 atom stereocenters. The number of amides is 1. The van der Waals surface area contributed by atoms with Crippen LogP contribution in [0.3, 0.4) is 0 Å². The number of nitrogen functional groups attached to an aromatic ring is 1. The molecule has 13 heteroatoms. The molecule has 1 saturated heterocycles. The molecule has 0 unspecified atom stereocenters. The normalized spacial score (nSPS) is 19.6. The van der Waals surface area contributed by atoms with Crippen LogP contribution in [0.1, 0.15) is 14.1 Å². The van der Waals surface area contributed by atoms with Gasteiger partial charge in [0.1, 0.15) is 29.1 Å². The zero-order chi connectivity index (χ0) is 25.0. The number of nitrogens with two attached hydrogens (primary N) is 1. The van der Waals surface area contributed by atoms with Gasteiger partial charge in [0.15, 0.2) is 11.5 Å². The van der Waals surface area contributed by atoms with Gasteiger partial charge in [-0.3, -0.25) is 14.4 Å². The minimum absolute atomic E-state index is 0.00768. The van der Waals surface area contributed by atoms with E-state index in [0.29, 0.717) is 33.8 Å². The lowest BCUT2D eigenvalue weighted by Gasteiger charge is -2.11. The van der Waals surface area contributed by atoms with E-state index in [9.17, 15) is 18.0 Å². The molecule has 0 radical (unpaired) electrons. The highest BCUT2D eigenvalue weighted by molar-refractivity contribution is 5.88. The largest absolute Gasteiger partial charge is 0.382 e. The Morgan fingerprint density at radius 3 is 2.82 bits per heavy atom. The van der Waals surface area contributed by atoms with Gasteiger partial charge in [0.05, 0.1) is 20.2 Å². The van der Waals surface area contributed by atoms with Crippen LogP contribution in [0.4, 0.5) is 19.0 Å². The highest BCUT2D eigenvalue weighted by atomic mass is 19.3. The Labute approximate surface area is 192 Å². The van der Waals surface area contributed by atoms with Crippen LogP contribution >= 0.6 is 0 Å². The average Bonchev–Trinajstić information content (AvgIpc) is 3.42. The molecular weight excluding hydrogens is 451 g/mol. The second-order valence-corrected chi connectivity index (χ2v) is 8.14. The van der Waals surface area contributed by atoms with Gasteiger partial charge in [-0.1, -0.05) is 0 Å². The molecular formula is C21H22F3N9O. The van der Waals surface area contributed by atoms with Crippen LogP contribution in [0, 0.1) is 6.92 Å². The van der Waals surface area contributed by atoms with Crippen molar-refractivity contribution < 1.29 is 19.3 Å². The van der Waals surface area contributed by atoms with E-state index in [-0.39, 0.29) is 36.6 Å². The number of rotatable bonds is 4. The van der Waals surface area contributed by atoms with Crippen LogP contribution in [-0.4, -0.2) is 71.7 Å². The Morgan fingerprint density at radius 1 is 1.32 bits per heavy atom. The molecule has 1 aliphatic heterocycles. The fourth-order valence-corrected chi connectivity index (χ4v) is 4.17. The third-order valence-electron chi connectivity index (χ3n) is 5.83. The van der Waals surface area contributed by atoms with Gasteiger partial charge in [0, 0.05) is 25.2 Å². The summed E-state index contributed by atoms with van der Waals surface area (Å²) in [5.74, 6) is 0.192. The zero-order valence-electron chi connectivity index (χ0n) is 19.3. The number of likely N-dealkylation sites (tertiary alicyclic amines) is 1. The third kappa shape index (κ3) is 3.76. The quantitative estimate of drug-likeness (QED) is 0.466. The Balaban J connectivity index is 1.59. The summed E-state index contributed by atoms with van der Waals surface area (Å²) in [4.78, 5) is 30.2. The topological polar surface area (TPSA) is 122 Å². The first kappa shape index (κ1) is 20.7. The van der Waals surface area contributed by atoms with Crippen molar-refractivity contribution >= 4 is 28.4 Å². The van der Waals surface area contributed by atoms with E-state index < -0.39 is 25.2 Å². The predicted molar refractivity (Wildman–Crippen MR) is 118 cm³/mol. The van der Waals surface area contributed by atoms with Crippen LogP contribution < -0.4 is 11.4 Å². The maximum Gasteiger partial charge on any atom is 0.256 e. The standard InChI is InChI=1S/C21H22F3N9O/c1-10-26-15-4-3-14(27-20(15)32(10)9-17(23)24)12-5-6-33-18(12)19(25)29-21(30-33)28-16-8-31(11(2)34)7-13(16)22/h3-6,13,16-17H,7-9H2,1-2H3,(H3,25,28,29,30)/t13-,16+/m0/s1/i6D. The number of nitrogens with zero attached hydrogens (tertiary/aromatic N) is 7. The highest BCUT2D eigenvalue weighted by Gasteiger charge is 2.34. The lowest BCUT2D eigenvalue weighted by Crippen LogP contribution is -2.28. The monoisotopic (exact) mass is 474 g/mol. The summed E-state index contributed by atoms with van der Waals surface area (Å²) >= 11 is 0. The first-order valence-corrected chi connectivity index (χ1v) is 10.6. The van der Waals surface area contributed by atoms with E-state index in [1.54, 1.807) is 19.1 Å². The summed E-state index contributed by atoms with van der Waals surface area (Å²) in [5.41, 5.74) is 8.17. The fraction of sp³-hybridized carbons (Fsp3) is 0.381. The van der Waals surface area contributed by atoms with E-state index in [1.165, 1.54) is 27.0 Å². The van der Waals surface area contributed by atoms with Crippen molar-refractivity contribution in [1.82, 2.24) is 34.0 Å². The van der Waals surface area contributed by atoms with Crippen molar-refractivity contribution in [2.45, 2.75) is 39.0 Å². The molecule has 0 spiro atoms. The molecule has 3 N–H and O–H groups in total. The molecule has 4 aromatic heterocycles. The molecule has 0 bridgehead atoms. The lowest BCUT2D eigenvalue weighted by atomic mass is 10.2. The number of H-pyrrole nitrogens is 1. The average molecular weight is 474 g/mol. The molecule has 4 aromatic rings. The van der Waals surface area contributed by atoms with Gasteiger partial charge in [-0.25, -0.2) is 28.1 Å². The zero-order valence-corrected chi connectivity index (χ0v) is 18.3. The van der Waals surface area contributed by atoms with Crippen LogP contribution in [0.15, 0.2) is 29.4 Å². The predicted octanol–water partition coefficient (Wildman–Crippen LogP) is 1.70. The maximum absolute atomic E-state index is 14.4. The first-order valence-electron chi connectivity index (χ1n) is 11.1. The number of hydrogen-bond acceptors (Lipinski definition) is 6. The Hall–Kier alpha value is -3.90. The van der Waals surface area contributed by atoms with Crippen molar-refractivity contribution in [1.29, 1.82) is 0 Å². The molecule has 0 saturated carbocycles. The first-order chi connectivity index (χ1) is 16.6. The number of fused-ring (bicyclic) bond motifs is 2. The molecule has 10 nitrogen and oxygen atoms in total. The molecule has 5 rings (SSSR count). The molecule has 1 aliphatic rings. The fourth-order valence-electron chi connectivity index (χ4n) is 4.17. The number of nitrogens with one attached hydrogen (secondary N) is 1. The summed E-state index contributed by atoms with van der Waals surface area (Å²) in [7, 11) is 0. The number of aryl methyl sites for hydroxylation is 1. The summed E-state index contributed by atoms with van der Waals surface area (Å²) in [6.07, 6.45) is -3.91. The van der Waals surface area contributed by atoms with E-state index in [4.69, 9.17) is 7.10 Å². The number of carbonyl (C=O) groups excluding carboxylic acids is 1. The van der Waals surface area contributed by atoms with Gasteiger partial charge in [0.2, 0.25) is 11.5 Å². The number of hydrogen-bond donors (Lipinski definition) is 2. The van der Waals surface area contributed by atoms with Gasteiger partial charge < -0.3 is 15.2 Å². The number of imidazole rings is 1. The van der Waals surface area contributed by atoms with E-state index in [0.717, 1.165) is 0 Å².